The Labute approximate surface area is 119 Å². The van der Waals surface area contributed by atoms with E-state index in [0.717, 1.165) is 25.1 Å². The van der Waals surface area contributed by atoms with Crippen molar-refractivity contribution in [3.05, 3.63) is 17.0 Å². The molecule has 1 aromatic heterocycles. The Morgan fingerprint density at radius 3 is 2.74 bits per heavy atom. The molecule has 1 atom stereocenters. The monoisotopic (exact) mass is 302 g/mol. The molecule has 4 nitrogen and oxygen atoms in total. The molecule has 1 aliphatic rings. The largest absolute Gasteiger partial charge is 0.313 e. The van der Waals surface area contributed by atoms with Crippen LogP contribution in [0.2, 0.25) is 0 Å². The van der Waals surface area contributed by atoms with Crippen LogP contribution in [-0.4, -0.2) is 21.5 Å². The molecular weight excluding hydrogens is 280 g/mol. The first-order valence-corrected chi connectivity index (χ1v) is 8.99. The first kappa shape index (κ1) is 15.0. The Kier molecular flexibility index (Phi) is 4.35. The van der Waals surface area contributed by atoms with Crippen molar-refractivity contribution in [2.45, 2.75) is 37.9 Å². The van der Waals surface area contributed by atoms with Crippen LogP contribution in [0, 0.1) is 11.3 Å². The van der Waals surface area contributed by atoms with Gasteiger partial charge in [-0.25, -0.2) is 13.1 Å². The smallest absolute Gasteiger partial charge is 0.250 e. The number of sulfonamides is 1. The Bertz CT molecular complexity index is 535. The first-order chi connectivity index (χ1) is 8.85. The van der Waals surface area contributed by atoms with E-state index in [1.807, 2.05) is 12.3 Å². The Morgan fingerprint density at radius 1 is 1.47 bits per heavy atom. The molecule has 1 heterocycles. The molecule has 0 bridgehead atoms. The molecule has 1 unspecified atom stereocenters. The average molecular weight is 302 g/mol. The lowest BCUT2D eigenvalue weighted by Crippen LogP contribution is -2.26. The molecule has 6 heteroatoms. The molecule has 0 amide bonds. The highest BCUT2D eigenvalue weighted by atomic mass is 32.2. The van der Waals surface area contributed by atoms with Crippen LogP contribution >= 0.6 is 11.3 Å². The van der Waals surface area contributed by atoms with E-state index in [4.69, 9.17) is 0 Å². The van der Waals surface area contributed by atoms with E-state index in [0.29, 0.717) is 22.1 Å². The third kappa shape index (κ3) is 3.78. The van der Waals surface area contributed by atoms with Gasteiger partial charge in [-0.1, -0.05) is 20.8 Å². The third-order valence-electron chi connectivity index (χ3n) is 3.71. The fraction of sp³-hybridized carbons (Fsp3) is 0.692. The SMILES string of the molecule is CCNCc1csc(S(=O)(=O)NCC2CC2(C)C)c1. The summed E-state index contributed by atoms with van der Waals surface area (Å²) in [6.07, 6.45) is 1.10. The zero-order chi connectivity index (χ0) is 14.1. The van der Waals surface area contributed by atoms with E-state index in [2.05, 4.69) is 23.9 Å². The van der Waals surface area contributed by atoms with Gasteiger partial charge in [-0.3, -0.25) is 0 Å². The summed E-state index contributed by atoms with van der Waals surface area (Å²) in [5.74, 6) is 0.475. The minimum atomic E-state index is -3.33. The van der Waals surface area contributed by atoms with Gasteiger partial charge in [0.2, 0.25) is 10.0 Å². The Balaban J connectivity index is 1.93. The van der Waals surface area contributed by atoms with Crippen molar-refractivity contribution >= 4 is 21.4 Å². The van der Waals surface area contributed by atoms with E-state index in [1.54, 1.807) is 6.07 Å². The highest BCUT2D eigenvalue weighted by Gasteiger charge is 2.45. The minimum absolute atomic E-state index is 0.300. The Morgan fingerprint density at radius 2 is 2.16 bits per heavy atom. The molecule has 0 spiro atoms. The summed E-state index contributed by atoms with van der Waals surface area (Å²) in [4.78, 5) is 0. The summed E-state index contributed by atoms with van der Waals surface area (Å²) in [6.45, 7) is 8.53. The number of hydrogen-bond donors (Lipinski definition) is 2. The second-order valence-corrected chi connectivity index (χ2v) is 8.70. The van der Waals surface area contributed by atoms with Crippen molar-refractivity contribution < 1.29 is 8.42 Å². The van der Waals surface area contributed by atoms with Crippen molar-refractivity contribution in [2.75, 3.05) is 13.1 Å². The molecule has 0 radical (unpaired) electrons. The molecular formula is C13H22N2O2S2. The van der Waals surface area contributed by atoms with Crippen LogP contribution in [0.3, 0.4) is 0 Å². The summed E-state index contributed by atoms with van der Waals surface area (Å²) in [5.41, 5.74) is 1.33. The number of hydrogen-bond acceptors (Lipinski definition) is 4. The number of nitrogens with one attached hydrogen (secondary N) is 2. The summed E-state index contributed by atoms with van der Waals surface area (Å²) < 4.78 is 27.4. The van der Waals surface area contributed by atoms with Crippen molar-refractivity contribution in [2.24, 2.45) is 11.3 Å². The van der Waals surface area contributed by atoms with Gasteiger partial charge in [-0.2, -0.15) is 0 Å². The van der Waals surface area contributed by atoms with Gasteiger partial charge in [0, 0.05) is 13.1 Å². The third-order valence-corrected chi connectivity index (χ3v) is 6.62. The zero-order valence-corrected chi connectivity index (χ0v) is 13.3. The second kappa shape index (κ2) is 5.52. The molecule has 1 fully saturated rings. The van der Waals surface area contributed by atoms with Gasteiger partial charge in [0.15, 0.2) is 0 Å². The Hall–Kier alpha value is -0.430. The van der Waals surface area contributed by atoms with E-state index in [-0.39, 0.29) is 0 Å². The minimum Gasteiger partial charge on any atom is -0.313 e. The molecule has 0 aliphatic heterocycles. The predicted octanol–water partition coefficient (Wildman–Crippen LogP) is 2.18. The van der Waals surface area contributed by atoms with Crippen LogP contribution in [-0.2, 0) is 16.6 Å². The lowest BCUT2D eigenvalue weighted by Gasteiger charge is -2.06. The highest BCUT2D eigenvalue weighted by Crippen LogP contribution is 2.51. The van der Waals surface area contributed by atoms with Crippen molar-refractivity contribution in [3.63, 3.8) is 0 Å². The second-order valence-electron chi connectivity index (χ2n) is 5.80. The first-order valence-electron chi connectivity index (χ1n) is 6.63. The lowest BCUT2D eigenvalue weighted by molar-refractivity contribution is 0.538. The van der Waals surface area contributed by atoms with Crippen LogP contribution in [0.1, 0.15) is 32.8 Å². The van der Waals surface area contributed by atoms with Gasteiger partial charge in [0.1, 0.15) is 4.21 Å². The molecule has 0 saturated heterocycles. The normalized spacial score (nSPS) is 21.5. The predicted molar refractivity (Wildman–Crippen MR) is 78.8 cm³/mol. The number of thiophene rings is 1. The van der Waals surface area contributed by atoms with Crippen LogP contribution in [0.4, 0.5) is 0 Å². The quantitative estimate of drug-likeness (QED) is 0.811. The van der Waals surface area contributed by atoms with Gasteiger partial charge >= 0.3 is 0 Å². The molecule has 1 aromatic rings. The highest BCUT2D eigenvalue weighted by molar-refractivity contribution is 7.91. The fourth-order valence-electron chi connectivity index (χ4n) is 2.06. The van der Waals surface area contributed by atoms with E-state index in [1.165, 1.54) is 11.3 Å². The fourth-order valence-corrected chi connectivity index (χ4v) is 4.40. The topological polar surface area (TPSA) is 58.2 Å². The maximum absolute atomic E-state index is 12.1. The molecule has 1 saturated carbocycles. The summed E-state index contributed by atoms with van der Waals surface area (Å²) in [7, 11) is -3.33. The molecule has 2 rings (SSSR count). The van der Waals surface area contributed by atoms with E-state index in [9.17, 15) is 8.42 Å². The molecule has 0 aromatic carbocycles. The standard InChI is InChI=1S/C13H22N2O2S2/c1-4-14-7-10-5-12(18-9-10)19(16,17)15-8-11-6-13(11,2)3/h5,9,11,14-15H,4,6-8H2,1-3H3. The van der Waals surface area contributed by atoms with Gasteiger partial charge in [0.25, 0.3) is 0 Å². The lowest BCUT2D eigenvalue weighted by atomic mass is 10.1. The maximum atomic E-state index is 12.1. The van der Waals surface area contributed by atoms with Gasteiger partial charge in [-0.05, 0) is 41.3 Å². The molecule has 2 N–H and O–H groups in total. The molecule has 19 heavy (non-hydrogen) atoms. The van der Waals surface area contributed by atoms with E-state index < -0.39 is 10.0 Å². The van der Waals surface area contributed by atoms with Crippen molar-refractivity contribution in [1.82, 2.24) is 10.0 Å². The van der Waals surface area contributed by atoms with Gasteiger partial charge < -0.3 is 5.32 Å². The average Bonchev–Trinajstić information content (AvgIpc) is 2.78. The van der Waals surface area contributed by atoms with Crippen LogP contribution in [0.15, 0.2) is 15.7 Å². The number of rotatable bonds is 7. The van der Waals surface area contributed by atoms with Crippen molar-refractivity contribution in [1.29, 1.82) is 0 Å². The van der Waals surface area contributed by atoms with Gasteiger partial charge in [0.05, 0.1) is 0 Å². The van der Waals surface area contributed by atoms with Crippen LogP contribution < -0.4 is 10.0 Å². The zero-order valence-electron chi connectivity index (χ0n) is 11.7. The maximum Gasteiger partial charge on any atom is 0.250 e. The summed E-state index contributed by atoms with van der Waals surface area (Å²) in [5, 5.41) is 5.09. The molecule has 1 aliphatic carbocycles. The summed E-state index contributed by atoms with van der Waals surface area (Å²) >= 11 is 1.29. The van der Waals surface area contributed by atoms with Crippen LogP contribution in [0.5, 0.6) is 0 Å². The van der Waals surface area contributed by atoms with Gasteiger partial charge in [-0.15, -0.1) is 11.3 Å². The van der Waals surface area contributed by atoms with Crippen LogP contribution in [0.25, 0.3) is 0 Å². The van der Waals surface area contributed by atoms with E-state index >= 15 is 0 Å². The molecule has 108 valence electrons. The van der Waals surface area contributed by atoms with Crippen molar-refractivity contribution in [3.8, 4) is 0 Å². The summed E-state index contributed by atoms with van der Waals surface area (Å²) in [6, 6.07) is 1.76.